The average molecular weight is 256 g/mol. The first-order valence-corrected chi connectivity index (χ1v) is 6.69. The third kappa shape index (κ3) is 3.12. The summed E-state index contributed by atoms with van der Waals surface area (Å²) in [5, 5.41) is 0. The minimum atomic E-state index is 0.0164. The van der Waals surface area contributed by atoms with E-state index < -0.39 is 0 Å². The Labute approximate surface area is 109 Å². The number of hydrogen-bond acceptors (Lipinski definition) is 1. The number of rotatable bonds is 5. The number of nitrogens with zero attached hydrogens (tertiary/aromatic N) is 1. The third-order valence-corrected chi connectivity index (χ3v) is 3.40. The van der Waals surface area contributed by atoms with Crippen molar-refractivity contribution in [1.29, 1.82) is 0 Å². The molecule has 1 aromatic rings. The van der Waals surface area contributed by atoms with E-state index in [1.807, 2.05) is 13.0 Å². The second-order valence-corrected chi connectivity index (χ2v) is 5.46. The van der Waals surface area contributed by atoms with Crippen molar-refractivity contribution in [3.63, 3.8) is 0 Å². The summed E-state index contributed by atoms with van der Waals surface area (Å²) >= 11 is 5.63. The van der Waals surface area contributed by atoms with Crippen molar-refractivity contribution >= 4 is 17.4 Å². The molecule has 0 amide bonds. The predicted octanol–water partition coefficient (Wildman–Crippen LogP) is 4.13. The van der Waals surface area contributed by atoms with E-state index in [2.05, 4.69) is 32.3 Å². The highest BCUT2D eigenvalue weighted by molar-refractivity contribution is 6.30. The maximum Gasteiger partial charge on any atom is 0.179 e. The molecule has 1 atom stereocenters. The Morgan fingerprint density at radius 2 is 1.94 bits per heavy atom. The molecule has 0 fully saturated rings. The third-order valence-electron chi connectivity index (χ3n) is 3.16. The number of halogens is 1. The Balaban J connectivity index is 3.09. The highest BCUT2D eigenvalue weighted by Gasteiger charge is 2.18. The van der Waals surface area contributed by atoms with Crippen molar-refractivity contribution in [3.05, 3.63) is 23.0 Å². The zero-order chi connectivity index (χ0) is 13.2. The minimum Gasteiger partial charge on any atom is -0.346 e. The first kappa shape index (κ1) is 14.3. The highest BCUT2D eigenvalue weighted by Crippen LogP contribution is 2.25. The lowest BCUT2D eigenvalue weighted by Crippen LogP contribution is -2.12. The first-order valence-electron chi connectivity index (χ1n) is 6.16. The Morgan fingerprint density at radius 1 is 1.35 bits per heavy atom. The lowest BCUT2D eigenvalue weighted by atomic mass is 10.0. The van der Waals surface area contributed by atoms with Gasteiger partial charge in [-0.3, -0.25) is 4.79 Å². The van der Waals surface area contributed by atoms with Crippen molar-refractivity contribution in [2.45, 2.75) is 47.1 Å². The molecule has 0 radical (unpaired) electrons. The maximum atomic E-state index is 11.7. The van der Waals surface area contributed by atoms with Crippen molar-refractivity contribution in [1.82, 2.24) is 4.57 Å². The van der Waals surface area contributed by atoms with Crippen LogP contribution in [0.25, 0.3) is 0 Å². The first-order chi connectivity index (χ1) is 7.88. The van der Waals surface area contributed by atoms with Crippen LogP contribution in [-0.2, 0) is 0 Å². The van der Waals surface area contributed by atoms with E-state index in [-0.39, 0.29) is 11.7 Å². The Kier molecular flexibility index (Phi) is 4.81. The van der Waals surface area contributed by atoms with Gasteiger partial charge in [0, 0.05) is 23.0 Å². The Bertz CT molecular complexity index is 407. The van der Waals surface area contributed by atoms with Crippen LogP contribution >= 0.6 is 11.6 Å². The number of alkyl halides is 1. The molecule has 17 heavy (non-hydrogen) atoms. The van der Waals surface area contributed by atoms with Crippen LogP contribution in [0.3, 0.4) is 0 Å². The van der Waals surface area contributed by atoms with Crippen LogP contribution in [-0.4, -0.2) is 16.2 Å². The lowest BCUT2D eigenvalue weighted by molar-refractivity contribution is 0.102. The van der Waals surface area contributed by atoms with E-state index >= 15 is 0 Å². The maximum absolute atomic E-state index is 11.7. The summed E-state index contributed by atoms with van der Waals surface area (Å²) in [5.74, 6) is 0.726. The van der Waals surface area contributed by atoms with Crippen LogP contribution < -0.4 is 0 Å². The van der Waals surface area contributed by atoms with Crippen LogP contribution in [0.2, 0.25) is 0 Å². The van der Waals surface area contributed by atoms with Crippen LogP contribution in [0, 0.1) is 19.8 Å². The topological polar surface area (TPSA) is 22.0 Å². The van der Waals surface area contributed by atoms with E-state index in [0.717, 1.165) is 23.4 Å². The standard InChI is InChI=1S/C14H22ClNO/c1-9(2)6-10(3)16-11(4)7-13(12(16)5)14(17)8-15/h7,9-10H,6,8H2,1-5H3. The van der Waals surface area contributed by atoms with Gasteiger partial charge in [0.1, 0.15) is 0 Å². The monoisotopic (exact) mass is 255 g/mol. The van der Waals surface area contributed by atoms with E-state index in [4.69, 9.17) is 11.6 Å². The van der Waals surface area contributed by atoms with Gasteiger partial charge in [0.25, 0.3) is 0 Å². The fraction of sp³-hybridized carbons (Fsp3) is 0.643. The number of ketones is 1. The second-order valence-electron chi connectivity index (χ2n) is 5.19. The average Bonchev–Trinajstić information content (AvgIpc) is 2.52. The van der Waals surface area contributed by atoms with Gasteiger partial charge in [-0.15, -0.1) is 11.6 Å². The summed E-state index contributed by atoms with van der Waals surface area (Å²) in [6.45, 7) is 10.7. The lowest BCUT2D eigenvalue weighted by Gasteiger charge is -2.20. The van der Waals surface area contributed by atoms with Gasteiger partial charge in [0.15, 0.2) is 5.78 Å². The van der Waals surface area contributed by atoms with E-state index in [1.165, 1.54) is 0 Å². The van der Waals surface area contributed by atoms with Crippen molar-refractivity contribution < 1.29 is 4.79 Å². The van der Waals surface area contributed by atoms with Gasteiger partial charge in [-0.2, -0.15) is 0 Å². The normalized spacial score (nSPS) is 13.1. The number of carbonyl (C=O) groups excluding carboxylic acids is 1. The summed E-state index contributed by atoms with van der Waals surface area (Å²) in [4.78, 5) is 11.7. The van der Waals surface area contributed by atoms with Crippen LogP contribution in [0.4, 0.5) is 0 Å². The number of aryl methyl sites for hydroxylation is 1. The highest BCUT2D eigenvalue weighted by atomic mass is 35.5. The van der Waals surface area contributed by atoms with Crippen LogP contribution in [0.1, 0.15) is 55.0 Å². The zero-order valence-corrected chi connectivity index (χ0v) is 12.1. The molecule has 0 aliphatic heterocycles. The van der Waals surface area contributed by atoms with Gasteiger partial charge in [0.2, 0.25) is 0 Å². The Morgan fingerprint density at radius 3 is 2.41 bits per heavy atom. The molecule has 1 heterocycles. The number of Topliss-reactive ketones (excluding diaryl/α,β-unsaturated/α-hetero) is 1. The number of aromatic nitrogens is 1. The van der Waals surface area contributed by atoms with Crippen LogP contribution in [0.5, 0.6) is 0 Å². The summed E-state index contributed by atoms with van der Waals surface area (Å²) in [6.07, 6.45) is 1.12. The summed E-state index contributed by atoms with van der Waals surface area (Å²) in [7, 11) is 0. The molecule has 0 aliphatic carbocycles. The SMILES string of the molecule is Cc1cc(C(=O)CCl)c(C)n1C(C)CC(C)C. The predicted molar refractivity (Wildman–Crippen MR) is 73.1 cm³/mol. The number of hydrogen-bond donors (Lipinski definition) is 0. The molecule has 0 bridgehead atoms. The van der Waals surface area contributed by atoms with E-state index in [1.54, 1.807) is 0 Å². The van der Waals surface area contributed by atoms with Gasteiger partial charge in [0.05, 0.1) is 5.88 Å². The van der Waals surface area contributed by atoms with Crippen molar-refractivity contribution in [3.8, 4) is 0 Å². The molecule has 0 spiro atoms. The van der Waals surface area contributed by atoms with Gasteiger partial charge in [-0.05, 0) is 39.2 Å². The fourth-order valence-corrected chi connectivity index (χ4v) is 2.74. The van der Waals surface area contributed by atoms with Gasteiger partial charge in [-0.1, -0.05) is 13.8 Å². The molecule has 96 valence electrons. The van der Waals surface area contributed by atoms with Gasteiger partial charge in [-0.25, -0.2) is 0 Å². The molecule has 1 rings (SSSR count). The van der Waals surface area contributed by atoms with E-state index in [9.17, 15) is 4.79 Å². The molecule has 0 N–H and O–H groups in total. The molecular formula is C14H22ClNO. The summed E-state index contributed by atoms with van der Waals surface area (Å²) in [5.41, 5.74) is 2.96. The zero-order valence-electron chi connectivity index (χ0n) is 11.4. The smallest absolute Gasteiger partial charge is 0.179 e. The molecule has 2 nitrogen and oxygen atoms in total. The second kappa shape index (κ2) is 5.72. The largest absolute Gasteiger partial charge is 0.346 e. The van der Waals surface area contributed by atoms with Gasteiger partial charge >= 0.3 is 0 Å². The van der Waals surface area contributed by atoms with Crippen molar-refractivity contribution in [2.75, 3.05) is 5.88 Å². The molecule has 1 aromatic heterocycles. The Hall–Kier alpha value is -0.760. The van der Waals surface area contributed by atoms with Crippen LogP contribution in [0.15, 0.2) is 6.07 Å². The molecule has 3 heteroatoms. The summed E-state index contributed by atoms with van der Waals surface area (Å²) < 4.78 is 2.25. The molecule has 0 aromatic carbocycles. The molecular weight excluding hydrogens is 234 g/mol. The molecule has 0 saturated carbocycles. The minimum absolute atomic E-state index is 0.0164. The van der Waals surface area contributed by atoms with Crippen molar-refractivity contribution in [2.24, 2.45) is 5.92 Å². The molecule has 0 saturated heterocycles. The fourth-order valence-electron chi connectivity index (χ4n) is 2.60. The molecule has 0 aliphatic rings. The van der Waals surface area contributed by atoms with Gasteiger partial charge < -0.3 is 4.57 Å². The molecule has 1 unspecified atom stereocenters. The quantitative estimate of drug-likeness (QED) is 0.573. The van der Waals surface area contributed by atoms with E-state index in [0.29, 0.717) is 12.0 Å². The summed E-state index contributed by atoms with van der Waals surface area (Å²) in [6, 6.07) is 2.38. The number of carbonyl (C=O) groups is 1.